The van der Waals surface area contributed by atoms with Crippen LogP contribution in [0.5, 0.6) is 11.5 Å². The number of carbonyl (C=O) groups excluding carboxylic acids is 2. The molecule has 1 aromatic heterocycles. The Hall–Kier alpha value is -3.28. The number of carbonyl (C=O) groups is 2. The van der Waals surface area contributed by atoms with Crippen molar-refractivity contribution in [2.75, 3.05) is 20.8 Å². The third-order valence-electron chi connectivity index (χ3n) is 3.86. The van der Waals surface area contributed by atoms with E-state index in [0.717, 1.165) is 5.39 Å². The largest absolute Gasteiger partial charge is 0.493 e. The molecule has 3 rings (SSSR count). The number of fused-ring (bicyclic) bond motifs is 1. The van der Waals surface area contributed by atoms with Gasteiger partial charge in [0.05, 0.1) is 20.6 Å². The Labute approximate surface area is 150 Å². The van der Waals surface area contributed by atoms with Gasteiger partial charge in [-0.15, -0.1) is 0 Å². The van der Waals surface area contributed by atoms with E-state index in [1.54, 1.807) is 30.3 Å². The summed E-state index contributed by atoms with van der Waals surface area (Å²) in [6.07, 6.45) is 0.0216. The highest BCUT2D eigenvalue weighted by Crippen LogP contribution is 2.27. The van der Waals surface area contributed by atoms with E-state index < -0.39 is 5.97 Å². The predicted octanol–water partition coefficient (Wildman–Crippen LogP) is 3.42. The number of hydrogen-bond donors (Lipinski definition) is 0. The lowest BCUT2D eigenvalue weighted by Gasteiger charge is -2.09. The van der Waals surface area contributed by atoms with Gasteiger partial charge in [-0.2, -0.15) is 0 Å². The lowest BCUT2D eigenvalue weighted by Crippen LogP contribution is -2.15. The number of hydrogen-bond acceptors (Lipinski definition) is 6. The smallest absolute Gasteiger partial charge is 0.310 e. The number of Topliss-reactive ketones (excluding diaryl/α,β-unsaturated/α-hetero) is 1. The first-order chi connectivity index (χ1) is 12.6. The molecule has 0 N–H and O–H groups in total. The van der Waals surface area contributed by atoms with Crippen LogP contribution in [0.3, 0.4) is 0 Å². The summed E-state index contributed by atoms with van der Waals surface area (Å²) in [4.78, 5) is 24.1. The first-order valence-electron chi connectivity index (χ1n) is 7.99. The van der Waals surface area contributed by atoms with E-state index in [4.69, 9.17) is 18.6 Å². The Balaban J connectivity index is 1.59. The summed E-state index contributed by atoms with van der Waals surface area (Å²) in [6, 6.07) is 14.1. The van der Waals surface area contributed by atoms with Gasteiger partial charge in [0.1, 0.15) is 5.58 Å². The molecule has 0 aliphatic rings. The topological polar surface area (TPSA) is 75.0 Å². The standard InChI is InChI=1S/C20H18O6/c1-23-17-8-7-13(9-19(17)24-2)10-20(22)25-12-15(21)18-11-14-5-3-4-6-16(14)26-18/h3-9,11H,10,12H2,1-2H3. The van der Waals surface area contributed by atoms with Gasteiger partial charge in [-0.25, -0.2) is 0 Å². The van der Waals surface area contributed by atoms with Crippen molar-refractivity contribution in [2.45, 2.75) is 6.42 Å². The van der Waals surface area contributed by atoms with Crippen LogP contribution in [0, 0.1) is 0 Å². The van der Waals surface area contributed by atoms with Gasteiger partial charge in [-0.1, -0.05) is 24.3 Å². The zero-order valence-corrected chi connectivity index (χ0v) is 14.5. The molecule has 134 valence electrons. The van der Waals surface area contributed by atoms with Crippen molar-refractivity contribution in [3.8, 4) is 11.5 Å². The number of para-hydroxylation sites is 1. The average molecular weight is 354 g/mol. The molecule has 6 nitrogen and oxygen atoms in total. The lowest BCUT2D eigenvalue weighted by molar-refractivity contribution is -0.141. The summed E-state index contributed by atoms with van der Waals surface area (Å²) >= 11 is 0. The second kappa shape index (κ2) is 7.74. The molecule has 26 heavy (non-hydrogen) atoms. The molecule has 2 aromatic carbocycles. The van der Waals surface area contributed by atoms with E-state index in [1.807, 2.05) is 18.2 Å². The SMILES string of the molecule is COc1ccc(CC(=O)OCC(=O)c2cc3ccccc3o2)cc1OC. The Kier molecular flexibility index (Phi) is 5.22. The highest BCUT2D eigenvalue weighted by molar-refractivity contribution is 5.99. The fourth-order valence-corrected chi connectivity index (χ4v) is 2.54. The van der Waals surface area contributed by atoms with Crippen LogP contribution in [0.2, 0.25) is 0 Å². The van der Waals surface area contributed by atoms with Crippen LogP contribution < -0.4 is 9.47 Å². The molecular weight excluding hydrogens is 336 g/mol. The maximum atomic E-state index is 12.1. The van der Waals surface area contributed by atoms with E-state index >= 15 is 0 Å². The number of ether oxygens (including phenoxy) is 3. The maximum Gasteiger partial charge on any atom is 0.310 e. The third kappa shape index (κ3) is 3.85. The van der Waals surface area contributed by atoms with Gasteiger partial charge in [0, 0.05) is 5.39 Å². The zero-order chi connectivity index (χ0) is 18.5. The van der Waals surface area contributed by atoms with Gasteiger partial charge in [0.2, 0.25) is 5.78 Å². The van der Waals surface area contributed by atoms with Crippen LogP contribution >= 0.6 is 0 Å². The Bertz CT molecular complexity index is 907. The molecule has 0 unspecified atom stereocenters. The van der Waals surface area contributed by atoms with Crippen LogP contribution in [-0.4, -0.2) is 32.6 Å². The monoisotopic (exact) mass is 354 g/mol. The minimum atomic E-state index is -0.512. The maximum absolute atomic E-state index is 12.1. The first kappa shape index (κ1) is 17.5. The molecule has 0 aliphatic carbocycles. The van der Waals surface area contributed by atoms with E-state index in [0.29, 0.717) is 22.6 Å². The highest BCUT2D eigenvalue weighted by Gasteiger charge is 2.15. The van der Waals surface area contributed by atoms with Crippen LogP contribution in [-0.2, 0) is 16.0 Å². The van der Waals surface area contributed by atoms with Gasteiger partial charge in [0.25, 0.3) is 0 Å². The second-order valence-electron chi connectivity index (χ2n) is 5.60. The molecular formula is C20H18O6. The molecule has 0 bridgehead atoms. The summed E-state index contributed by atoms with van der Waals surface area (Å²) < 4.78 is 20.9. The van der Waals surface area contributed by atoms with Crippen LogP contribution in [0.1, 0.15) is 16.1 Å². The molecule has 0 saturated heterocycles. The van der Waals surface area contributed by atoms with Crippen molar-refractivity contribution in [1.29, 1.82) is 0 Å². The number of methoxy groups -OCH3 is 2. The minimum absolute atomic E-state index is 0.0216. The average Bonchev–Trinajstić information content (AvgIpc) is 3.10. The number of ketones is 1. The van der Waals surface area contributed by atoms with E-state index in [9.17, 15) is 9.59 Å². The van der Waals surface area contributed by atoms with E-state index in [1.165, 1.54) is 14.2 Å². The van der Waals surface area contributed by atoms with Gasteiger partial charge in [-0.05, 0) is 29.8 Å². The molecule has 0 atom stereocenters. The van der Waals surface area contributed by atoms with Gasteiger partial charge >= 0.3 is 5.97 Å². The molecule has 6 heteroatoms. The fraction of sp³-hybridized carbons (Fsp3) is 0.200. The Morgan fingerprint density at radius 2 is 1.73 bits per heavy atom. The van der Waals surface area contributed by atoms with Gasteiger partial charge in [-0.3, -0.25) is 9.59 Å². The van der Waals surface area contributed by atoms with Crippen molar-refractivity contribution in [3.05, 3.63) is 59.9 Å². The highest BCUT2D eigenvalue weighted by atomic mass is 16.5. The molecule has 0 aliphatic heterocycles. The molecule has 3 aromatic rings. The normalized spacial score (nSPS) is 10.5. The third-order valence-corrected chi connectivity index (χ3v) is 3.86. The van der Waals surface area contributed by atoms with Crippen molar-refractivity contribution < 1.29 is 28.2 Å². The van der Waals surface area contributed by atoms with Crippen LogP contribution in [0.15, 0.2) is 52.9 Å². The summed E-state index contributed by atoms with van der Waals surface area (Å²) in [5, 5.41) is 0.826. The Morgan fingerprint density at radius 1 is 0.962 bits per heavy atom. The second-order valence-corrected chi connectivity index (χ2v) is 5.60. The molecule has 0 radical (unpaired) electrons. The number of rotatable bonds is 7. The summed E-state index contributed by atoms with van der Waals surface area (Å²) in [6.45, 7) is -0.369. The van der Waals surface area contributed by atoms with Crippen molar-refractivity contribution in [1.82, 2.24) is 0 Å². The Morgan fingerprint density at radius 3 is 2.46 bits per heavy atom. The molecule has 0 spiro atoms. The first-order valence-corrected chi connectivity index (χ1v) is 7.99. The van der Waals surface area contributed by atoms with Gasteiger partial charge < -0.3 is 18.6 Å². The van der Waals surface area contributed by atoms with Crippen LogP contribution in [0.4, 0.5) is 0 Å². The van der Waals surface area contributed by atoms with E-state index in [2.05, 4.69) is 0 Å². The van der Waals surface area contributed by atoms with E-state index in [-0.39, 0.29) is 24.6 Å². The summed E-state index contributed by atoms with van der Waals surface area (Å²) in [7, 11) is 3.06. The minimum Gasteiger partial charge on any atom is -0.493 e. The lowest BCUT2D eigenvalue weighted by atomic mass is 10.1. The number of furan rings is 1. The zero-order valence-electron chi connectivity index (χ0n) is 14.5. The molecule has 1 heterocycles. The fourth-order valence-electron chi connectivity index (χ4n) is 2.54. The quantitative estimate of drug-likeness (QED) is 0.478. The summed E-state index contributed by atoms with van der Waals surface area (Å²) in [5.74, 6) is 0.370. The molecule has 0 saturated carbocycles. The molecule has 0 amide bonds. The van der Waals surface area contributed by atoms with Gasteiger partial charge in [0.15, 0.2) is 23.9 Å². The predicted molar refractivity (Wildman–Crippen MR) is 94.8 cm³/mol. The number of benzene rings is 2. The summed E-state index contributed by atoms with van der Waals surface area (Å²) in [5.41, 5.74) is 1.32. The van der Waals surface area contributed by atoms with Crippen molar-refractivity contribution in [3.63, 3.8) is 0 Å². The molecule has 0 fully saturated rings. The van der Waals surface area contributed by atoms with Crippen LogP contribution in [0.25, 0.3) is 11.0 Å². The van der Waals surface area contributed by atoms with Crippen molar-refractivity contribution in [2.24, 2.45) is 0 Å². The number of esters is 1. The van der Waals surface area contributed by atoms with Crippen molar-refractivity contribution >= 4 is 22.7 Å².